The van der Waals surface area contributed by atoms with Gasteiger partial charge in [-0.2, -0.15) is 13.2 Å². The number of aromatic nitrogens is 3. The maximum absolute atomic E-state index is 13.6. The highest BCUT2D eigenvalue weighted by Crippen LogP contribution is 2.17. The van der Waals surface area contributed by atoms with Crippen molar-refractivity contribution < 1.29 is 22.4 Å². The van der Waals surface area contributed by atoms with Crippen LogP contribution in [0.4, 0.5) is 17.6 Å². The van der Waals surface area contributed by atoms with Crippen molar-refractivity contribution in [1.29, 1.82) is 0 Å². The van der Waals surface area contributed by atoms with Crippen molar-refractivity contribution in [1.82, 2.24) is 20.2 Å². The van der Waals surface area contributed by atoms with E-state index in [-0.39, 0.29) is 23.2 Å². The molecule has 2 rings (SSSR count). The number of nitrogens with one attached hydrogen (secondary N) is 1. The van der Waals surface area contributed by atoms with Crippen LogP contribution in [0.3, 0.4) is 0 Å². The molecule has 24 heavy (non-hydrogen) atoms. The predicted molar refractivity (Wildman–Crippen MR) is 79.2 cm³/mol. The number of amides is 1. The Kier molecular flexibility index (Phi) is 5.65. The second kappa shape index (κ2) is 7.51. The maximum Gasteiger partial charge on any atom is 0.405 e. The second-order valence-electron chi connectivity index (χ2n) is 4.72. The monoisotopic (exact) mass is 363 g/mol. The van der Waals surface area contributed by atoms with Crippen molar-refractivity contribution >= 4 is 17.7 Å². The molecule has 2 aromatic rings. The van der Waals surface area contributed by atoms with Gasteiger partial charge in [0.15, 0.2) is 5.82 Å². The second-order valence-corrected chi connectivity index (χ2v) is 5.66. The lowest BCUT2D eigenvalue weighted by atomic mass is 10.1. The molecule has 0 atom stereocenters. The highest BCUT2D eigenvalue weighted by Gasteiger charge is 2.27. The zero-order chi connectivity index (χ0) is 17.7. The summed E-state index contributed by atoms with van der Waals surface area (Å²) in [7, 11) is 0. The average molecular weight is 363 g/mol. The Morgan fingerprint density at radius 2 is 2.00 bits per heavy atom. The Hall–Kier alpha value is -2.30. The van der Waals surface area contributed by atoms with Crippen LogP contribution < -0.4 is 11.2 Å². The van der Waals surface area contributed by atoms with Gasteiger partial charge in [0.2, 0.25) is 11.1 Å². The molecule has 0 aliphatic rings. The summed E-state index contributed by atoms with van der Waals surface area (Å²) >= 11 is 0.833. The fourth-order valence-corrected chi connectivity index (χ4v) is 2.42. The van der Waals surface area contributed by atoms with Crippen LogP contribution in [0.2, 0.25) is 0 Å². The molecule has 0 bridgehead atoms. The Labute approximate surface area is 138 Å². The summed E-state index contributed by atoms with van der Waals surface area (Å²) in [5, 5.41) is 9.43. The molecule has 1 heterocycles. The molecule has 0 radical (unpaired) electrons. The van der Waals surface area contributed by atoms with Crippen molar-refractivity contribution in [3.8, 4) is 0 Å². The minimum absolute atomic E-state index is 0.0942. The van der Waals surface area contributed by atoms with Gasteiger partial charge in [-0.25, -0.2) is 9.07 Å². The van der Waals surface area contributed by atoms with Gasteiger partial charge >= 0.3 is 6.18 Å². The zero-order valence-electron chi connectivity index (χ0n) is 12.2. The molecule has 130 valence electrons. The smallest absolute Gasteiger partial charge is 0.346 e. The fraction of sp³-hybridized carbons (Fsp3) is 0.308. The van der Waals surface area contributed by atoms with Gasteiger partial charge in [-0.1, -0.05) is 30.0 Å². The standard InChI is InChI=1S/C13H13F4N5OS/c14-9-4-2-1-3-8(9)5-10-20-21-12(22(10)18)24-6-11(23)19-7-13(15,16)17/h1-4H,5-7,18H2,(H,19,23). The number of nitrogens with zero attached hydrogens (tertiary/aromatic N) is 3. The van der Waals surface area contributed by atoms with Gasteiger partial charge in [0.25, 0.3) is 0 Å². The number of hydrogen-bond donors (Lipinski definition) is 2. The number of benzene rings is 1. The van der Waals surface area contributed by atoms with E-state index in [0.29, 0.717) is 5.56 Å². The third-order valence-corrected chi connectivity index (χ3v) is 3.80. The van der Waals surface area contributed by atoms with Gasteiger partial charge in [0, 0.05) is 6.42 Å². The van der Waals surface area contributed by atoms with Crippen LogP contribution >= 0.6 is 11.8 Å². The molecule has 1 aromatic heterocycles. The van der Waals surface area contributed by atoms with E-state index in [2.05, 4.69) is 10.2 Å². The highest BCUT2D eigenvalue weighted by atomic mass is 32.2. The number of thioether (sulfide) groups is 1. The van der Waals surface area contributed by atoms with Gasteiger partial charge in [0.05, 0.1) is 5.75 Å². The van der Waals surface area contributed by atoms with Crippen LogP contribution in [0, 0.1) is 5.82 Å². The molecule has 0 unspecified atom stereocenters. The molecule has 11 heteroatoms. The normalized spacial score (nSPS) is 11.5. The largest absolute Gasteiger partial charge is 0.405 e. The van der Waals surface area contributed by atoms with Crippen LogP contribution in [0.5, 0.6) is 0 Å². The average Bonchev–Trinajstić information content (AvgIpc) is 2.85. The summed E-state index contributed by atoms with van der Waals surface area (Å²) < 4.78 is 50.6. The van der Waals surface area contributed by atoms with Crippen LogP contribution in [0.1, 0.15) is 11.4 Å². The molecule has 0 spiro atoms. The Balaban J connectivity index is 1.93. The highest BCUT2D eigenvalue weighted by molar-refractivity contribution is 7.99. The Morgan fingerprint density at radius 3 is 2.67 bits per heavy atom. The molecule has 0 aliphatic carbocycles. The summed E-state index contributed by atoms with van der Waals surface area (Å²) in [5.41, 5.74) is 0.371. The summed E-state index contributed by atoms with van der Waals surface area (Å²) in [6, 6.07) is 6.08. The van der Waals surface area contributed by atoms with E-state index in [1.54, 1.807) is 23.5 Å². The lowest BCUT2D eigenvalue weighted by Gasteiger charge is -2.08. The number of nitrogens with two attached hydrogens (primary N) is 1. The van der Waals surface area contributed by atoms with Gasteiger partial charge in [-0.3, -0.25) is 4.79 Å². The minimum atomic E-state index is -4.47. The number of hydrogen-bond acceptors (Lipinski definition) is 5. The fourth-order valence-electron chi connectivity index (χ4n) is 1.72. The van der Waals surface area contributed by atoms with Crippen molar-refractivity contribution in [2.45, 2.75) is 17.8 Å². The molecule has 0 aliphatic heterocycles. The molecular formula is C13H13F4N5OS. The van der Waals surface area contributed by atoms with Crippen LogP contribution in [-0.2, 0) is 11.2 Å². The van der Waals surface area contributed by atoms with E-state index in [9.17, 15) is 22.4 Å². The van der Waals surface area contributed by atoms with E-state index in [4.69, 9.17) is 5.84 Å². The summed E-state index contributed by atoms with van der Waals surface area (Å²) in [4.78, 5) is 11.3. The third-order valence-electron chi connectivity index (χ3n) is 2.86. The van der Waals surface area contributed by atoms with Crippen molar-refractivity contribution in [2.75, 3.05) is 18.1 Å². The summed E-state index contributed by atoms with van der Waals surface area (Å²) in [6.07, 6.45) is -4.38. The molecule has 3 N–H and O–H groups in total. The maximum atomic E-state index is 13.6. The first-order valence-corrected chi connectivity index (χ1v) is 7.64. The SMILES string of the molecule is Nn1c(Cc2ccccc2F)nnc1SCC(=O)NCC(F)(F)F. The van der Waals surface area contributed by atoms with Crippen LogP contribution in [0.15, 0.2) is 29.4 Å². The summed E-state index contributed by atoms with van der Waals surface area (Å²) in [6.45, 7) is -1.40. The first-order chi connectivity index (χ1) is 11.3. The quantitative estimate of drug-likeness (QED) is 0.461. The molecule has 0 saturated heterocycles. The van der Waals surface area contributed by atoms with Gasteiger partial charge in [0.1, 0.15) is 12.4 Å². The summed E-state index contributed by atoms with van der Waals surface area (Å²) in [5.74, 6) is 4.50. The van der Waals surface area contributed by atoms with E-state index in [1.807, 2.05) is 0 Å². The lowest BCUT2D eigenvalue weighted by molar-refractivity contribution is -0.136. The van der Waals surface area contributed by atoms with E-state index >= 15 is 0 Å². The first kappa shape index (κ1) is 18.0. The van der Waals surface area contributed by atoms with Gasteiger partial charge in [-0.05, 0) is 11.6 Å². The minimum Gasteiger partial charge on any atom is -0.346 e. The predicted octanol–water partition coefficient (Wildman–Crippen LogP) is 1.49. The number of rotatable bonds is 6. The van der Waals surface area contributed by atoms with Crippen LogP contribution in [0.25, 0.3) is 0 Å². The zero-order valence-corrected chi connectivity index (χ0v) is 13.0. The molecule has 1 amide bonds. The Bertz CT molecular complexity index is 719. The number of halogens is 4. The molecule has 0 saturated carbocycles. The number of alkyl halides is 3. The lowest BCUT2D eigenvalue weighted by Crippen LogP contribution is -2.34. The van der Waals surface area contributed by atoms with Gasteiger partial charge < -0.3 is 11.2 Å². The van der Waals surface area contributed by atoms with E-state index < -0.39 is 24.4 Å². The van der Waals surface area contributed by atoms with E-state index in [1.165, 1.54) is 6.07 Å². The van der Waals surface area contributed by atoms with Crippen molar-refractivity contribution in [2.24, 2.45) is 0 Å². The van der Waals surface area contributed by atoms with Crippen molar-refractivity contribution in [3.63, 3.8) is 0 Å². The number of carbonyl (C=O) groups excluding carboxylic acids is 1. The Morgan fingerprint density at radius 1 is 1.29 bits per heavy atom. The van der Waals surface area contributed by atoms with E-state index in [0.717, 1.165) is 16.4 Å². The number of carbonyl (C=O) groups is 1. The topological polar surface area (TPSA) is 85.8 Å². The number of nitrogen functional groups attached to an aromatic ring is 1. The van der Waals surface area contributed by atoms with Crippen LogP contribution in [-0.4, -0.2) is 39.3 Å². The molecular weight excluding hydrogens is 350 g/mol. The first-order valence-electron chi connectivity index (χ1n) is 6.65. The van der Waals surface area contributed by atoms with Gasteiger partial charge in [-0.15, -0.1) is 10.2 Å². The third kappa shape index (κ3) is 5.11. The molecule has 0 fully saturated rings. The molecule has 1 aromatic carbocycles. The van der Waals surface area contributed by atoms with Crippen molar-refractivity contribution in [3.05, 3.63) is 41.5 Å². The molecule has 6 nitrogen and oxygen atoms in total.